The Hall–Kier alpha value is -1.83. The zero-order valence-corrected chi connectivity index (χ0v) is 11.4. The second-order valence-corrected chi connectivity index (χ2v) is 5.44. The standard InChI is InChI=1S/C13H15F3N4O/c1-2-3-12(21)7-19(8-12)11-9-6-10(13(14,15)16)18-20(9)5-4-17-11/h4-6,21H,2-3,7-8H2,1H3. The maximum Gasteiger partial charge on any atom is 0.435 e. The van der Waals surface area contributed by atoms with Crippen LogP contribution in [0.4, 0.5) is 19.0 Å². The fraction of sp³-hybridized carbons (Fsp3) is 0.538. The predicted molar refractivity (Wildman–Crippen MR) is 70.1 cm³/mol. The van der Waals surface area contributed by atoms with Gasteiger partial charge in [-0.15, -0.1) is 0 Å². The first-order valence-corrected chi connectivity index (χ1v) is 6.71. The van der Waals surface area contributed by atoms with E-state index < -0.39 is 17.5 Å². The Kier molecular flexibility index (Phi) is 3.09. The molecule has 1 aliphatic heterocycles. The summed E-state index contributed by atoms with van der Waals surface area (Å²) in [5.74, 6) is 0.418. The highest BCUT2D eigenvalue weighted by Crippen LogP contribution is 2.34. The van der Waals surface area contributed by atoms with Crippen LogP contribution in [0.5, 0.6) is 0 Å². The molecule has 8 heteroatoms. The third kappa shape index (κ3) is 2.44. The van der Waals surface area contributed by atoms with E-state index in [2.05, 4.69) is 10.1 Å². The van der Waals surface area contributed by atoms with E-state index >= 15 is 0 Å². The Bertz CT molecular complexity index is 661. The monoisotopic (exact) mass is 300 g/mol. The number of β-amino-alcohol motifs (C(OH)–C–C–N with tert-alkyl or cyclic N) is 1. The van der Waals surface area contributed by atoms with Gasteiger partial charge in [0.2, 0.25) is 0 Å². The third-order valence-corrected chi connectivity index (χ3v) is 3.65. The van der Waals surface area contributed by atoms with Gasteiger partial charge in [-0.25, -0.2) is 9.50 Å². The number of aromatic nitrogens is 3. The Morgan fingerprint density at radius 3 is 2.71 bits per heavy atom. The first kappa shape index (κ1) is 14.1. The van der Waals surface area contributed by atoms with Crippen LogP contribution in [0.15, 0.2) is 18.5 Å². The van der Waals surface area contributed by atoms with Gasteiger partial charge in [-0.2, -0.15) is 18.3 Å². The summed E-state index contributed by atoms with van der Waals surface area (Å²) in [7, 11) is 0. The number of fused-ring (bicyclic) bond motifs is 1. The number of aliphatic hydroxyl groups is 1. The molecule has 2 aromatic heterocycles. The van der Waals surface area contributed by atoms with Gasteiger partial charge in [0.25, 0.3) is 0 Å². The van der Waals surface area contributed by atoms with Gasteiger partial charge in [0.1, 0.15) is 5.52 Å². The van der Waals surface area contributed by atoms with Crippen LogP contribution in [0.2, 0.25) is 0 Å². The highest BCUT2D eigenvalue weighted by atomic mass is 19.4. The number of halogens is 3. The van der Waals surface area contributed by atoms with E-state index in [-0.39, 0.29) is 0 Å². The molecular formula is C13H15F3N4O. The topological polar surface area (TPSA) is 53.7 Å². The van der Waals surface area contributed by atoms with Crippen LogP contribution < -0.4 is 4.90 Å². The van der Waals surface area contributed by atoms with Crippen molar-refractivity contribution in [1.82, 2.24) is 14.6 Å². The molecule has 1 N–H and O–H groups in total. The quantitative estimate of drug-likeness (QED) is 0.943. The minimum Gasteiger partial charge on any atom is -0.386 e. The maximum absolute atomic E-state index is 12.7. The smallest absolute Gasteiger partial charge is 0.386 e. The number of hydrogen-bond acceptors (Lipinski definition) is 4. The summed E-state index contributed by atoms with van der Waals surface area (Å²) in [6.07, 6.45) is -0.174. The van der Waals surface area contributed by atoms with E-state index in [0.29, 0.717) is 30.8 Å². The zero-order valence-electron chi connectivity index (χ0n) is 11.4. The molecule has 1 saturated heterocycles. The molecule has 0 aliphatic carbocycles. The highest BCUT2D eigenvalue weighted by Gasteiger charge is 2.42. The number of anilines is 1. The van der Waals surface area contributed by atoms with Crippen molar-refractivity contribution in [3.63, 3.8) is 0 Å². The van der Waals surface area contributed by atoms with Crippen molar-refractivity contribution in [2.45, 2.75) is 31.5 Å². The lowest BCUT2D eigenvalue weighted by Gasteiger charge is -2.47. The van der Waals surface area contributed by atoms with Crippen molar-refractivity contribution in [1.29, 1.82) is 0 Å². The molecule has 21 heavy (non-hydrogen) atoms. The average molecular weight is 300 g/mol. The average Bonchev–Trinajstić information content (AvgIpc) is 2.79. The molecule has 0 spiro atoms. The molecular weight excluding hydrogens is 285 g/mol. The molecule has 0 unspecified atom stereocenters. The van der Waals surface area contributed by atoms with Crippen molar-refractivity contribution in [3.8, 4) is 0 Å². The minimum atomic E-state index is -4.48. The molecule has 0 bridgehead atoms. The molecule has 3 heterocycles. The van der Waals surface area contributed by atoms with E-state index in [1.807, 2.05) is 6.92 Å². The second-order valence-electron chi connectivity index (χ2n) is 5.44. The first-order chi connectivity index (χ1) is 9.82. The van der Waals surface area contributed by atoms with Gasteiger partial charge in [-0.05, 0) is 6.42 Å². The molecule has 2 aromatic rings. The molecule has 0 radical (unpaired) electrons. The van der Waals surface area contributed by atoms with Crippen LogP contribution in [-0.4, -0.2) is 38.4 Å². The number of nitrogens with zero attached hydrogens (tertiary/aromatic N) is 4. The molecule has 3 rings (SSSR count). The van der Waals surface area contributed by atoms with Crippen molar-refractivity contribution >= 4 is 11.3 Å². The molecule has 1 aliphatic rings. The van der Waals surface area contributed by atoms with Crippen LogP contribution in [0, 0.1) is 0 Å². The summed E-state index contributed by atoms with van der Waals surface area (Å²) in [6.45, 7) is 2.73. The summed E-state index contributed by atoms with van der Waals surface area (Å²) >= 11 is 0. The van der Waals surface area contributed by atoms with Gasteiger partial charge in [-0.3, -0.25) is 0 Å². The Morgan fingerprint density at radius 1 is 1.38 bits per heavy atom. The molecule has 0 aromatic carbocycles. The maximum atomic E-state index is 12.7. The van der Waals surface area contributed by atoms with Crippen LogP contribution in [0.1, 0.15) is 25.5 Å². The van der Waals surface area contributed by atoms with E-state index in [0.717, 1.165) is 12.5 Å². The van der Waals surface area contributed by atoms with Crippen LogP contribution in [-0.2, 0) is 6.18 Å². The third-order valence-electron chi connectivity index (χ3n) is 3.65. The van der Waals surface area contributed by atoms with Gasteiger partial charge in [0, 0.05) is 18.5 Å². The van der Waals surface area contributed by atoms with Crippen molar-refractivity contribution in [3.05, 3.63) is 24.2 Å². The summed E-state index contributed by atoms with van der Waals surface area (Å²) in [6, 6.07) is 0.986. The van der Waals surface area contributed by atoms with Gasteiger partial charge in [-0.1, -0.05) is 13.3 Å². The van der Waals surface area contributed by atoms with Crippen LogP contribution >= 0.6 is 0 Å². The van der Waals surface area contributed by atoms with Crippen LogP contribution in [0.3, 0.4) is 0 Å². The van der Waals surface area contributed by atoms with Crippen molar-refractivity contribution in [2.75, 3.05) is 18.0 Å². The van der Waals surface area contributed by atoms with Crippen LogP contribution in [0.25, 0.3) is 5.52 Å². The largest absolute Gasteiger partial charge is 0.435 e. The summed E-state index contributed by atoms with van der Waals surface area (Å²) in [4.78, 5) is 5.91. The lowest BCUT2D eigenvalue weighted by molar-refractivity contribution is -0.141. The van der Waals surface area contributed by atoms with Gasteiger partial charge < -0.3 is 10.0 Å². The second kappa shape index (κ2) is 4.59. The number of rotatable bonds is 3. The Balaban J connectivity index is 1.92. The SMILES string of the molecule is CCCC1(O)CN(c2nccn3nc(C(F)(F)F)cc23)C1. The van der Waals surface area contributed by atoms with E-state index in [1.165, 1.54) is 16.9 Å². The number of hydrogen-bond donors (Lipinski definition) is 1. The fourth-order valence-electron chi connectivity index (χ4n) is 2.73. The van der Waals surface area contributed by atoms with Crippen molar-refractivity contribution in [2.24, 2.45) is 0 Å². The van der Waals surface area contributed by atoms with Crippen molar-refractivity contribution < 1.29 is 18.3 Å². The van der Waals surface area contributed by atoms with E-state index in [1.54, 1.807) is 4.90 Å². The fourth-order valence-corrected chi connectivity index (χ4v) is 2.73. The Labute approximate surface area is 119 Å². The molecule has 0 atom stereocenters. The molecule has 114 valence electrons. The van der Waals surface area contributed by atoms with Gasteiger partial charge >= 0.3 is 6.18 Å². The lowest BCUT2D eigenvalue weighted by atomic mass is 9.89. The number of alkyl halides is 3. The predicted octanol–water partition coefficient (Wildman–Crippen LogP) is 2.10. The molecule has 0 saturated carbocycles. The normalized spacial score (nSPS) is 18.0. The first-order valence-electron chi connectivity index (χ1n) is 6.71. The van der Waals surface area contributed by atoms with Gasteiger partial charge in [0.05, 0.1) is 18.7 Å². The molecule has 0 amide bonds. The van der Waals surface area contributed by atoms with Gasteiger partial charge in [0.15, 0.2) is 11.5 Å². The van der Waals surface area contributed by atoms with E-state index in [9.17, 15) is 18.3 Å². The lowest BCUT2D eigenvalue weighted by Crippen LogP contribution is -2.62. The minimum absolute atomic E-state index is 0.295. The summed E-state index contributed by atoms with van der Waals surface area (Å²) in [5.41, 5.74) is -1.42. The summed E-state index contributed by atoms with van der Waals surface area (Å²) in [5, 5.41) is 13.7. The molecule has 5 nitrogen and oxygen atoms in total. The Morgan fingerprint density at radius 2 is 2.10 bits per heavy atom. The van der Waals surface area contributed by atoms with E-state index in [4.69, 9.17) is 0 Å². The zero-order chi connectivity index (χ0) is 15.3. The molecule has 1 fully saturated rings. The summed E-state index contributed by atoms with van der Waals surface area (Å²) < 4.78 is 39.4. The highest BCUT2D eigenvalue weighted by molar-refractivity contribution is 5.70.